The monoisotopic (exact) mass is 246 g/mol. The number of aliphatic hydroxyl groups excluding tert-OH is 1. The molecule has 0 atom stereocenters. The smallest absolute Gasteiger partial charge is 0.221 e. The van der Waals surface area contributed by atoms with E-state index in [4.69, 9.17) is 4.52 Å². The summed E-state index contributed by atoms with van der Waals surface area (Å²) >= 11 is 0. The highest BCUT2D eigenvalue weighted by Crippen LogP contribution is 2.26. The average Bonchev–Trinajstić information content (AvgIpc) is 2.70. The summed E-state index contributed by atoms with van der Waals surface area (Å²) in [5.41, 5.74) is 2.87. The van der Waals surface area contributed by atoms with E-state index in [9.17, 15) is 9.90 Å². The molecule has 5 nitrogen and oxygen atoms in total. The van der Waals surface area contributed by atoms with Crippen LogP contribution in [0.1, 0.15) is 18.2 Å². The Bertz CT molecular complexity index is 558. The molecule has 1 heterocycles. The molecule has 0 aliphatic heterocycles. The van der Waals surface area contributed by atoms with Crippen molar-refractivity contribution < 1.29 is 14.4 Å². The number of rotatable bonds is 3. The van der Waals surface area contributed by atoms with E-state index in [1.807, 2.05) is 12.1 Å². The van der Waals surface area contributed by atoms with Gasteiger partial charge in [-0.2, -0.15) is 0 Å². The summed E-state index contributed by atoms with van der Waals surface area (Å²) in [5, 5.41) is 15.9. The Morgan fingerprint density at radius 3 is 2.61 bits per heavy atom. The number of aromatic nitrogens is 1. The number of amides is 1. The van der Waals surface area contributed by atoms with Gasteiger partial charge in [-0.15, -0.1) is 0 Å². The maximum atomic E-state index is 10.9. The number of aliphatic hydroxyl groups is 1. The van der Waals surface area contributed by atoms with Gasteiger partial charge in [-0.25, -0.2) is 0 Å². The predicted octanol–water partition coefficient (Wildman–Crippen LogP) is 2.10. The zero-order chi connectivity index (χ0) is 13.1. The number of carbonyl (C=O) groups is 1. The molecule has 1 aromatic carbocycles. The van der Waals surface area contributed by atoms with Gasteiger partial charge in [0.05, 0.1) is 6.61 Å². The molecule has 2 aromatic rings. The molecule has 0 saturated heterocycles. The van der Waals surface area contributed by atoms with Gasteiger partial charge in [0, 0.05) is 23.7 Å². The fraction of sp³-hybridized carbons (Fsp3) is 0.231. The Labute approximate surface area is 104 Å². The summed E-state index contributed by atoms with van der Waals surface area (Å²) in [6.07, 6.45) is 0. The van der Waals surface area contributed by atoms with Gasteiger partial charge in [-0.1, -0.05) is 17.3 Å². The van der Waals surface area contributed by atoms with Crippen molar-refractivity contribution in [3.8, 4) is 11.3 Å². The molecule has 0 radical (unpaired) electrons. The summed E-state index contributed by atoms with van der Waals surface area (Å²) in [6.45, 7) is 3.10. The summed E-state index contributed by atoms with van der Waals surface area (Å²) in [5.74, 6) is 0.495. The predicted molar refractivity (Wildman–Crippen MR) is 66.9 cm³/mol. The van der Waals surface area contributed by atoms with Gasteiger partial charge in [-0.3, -0.25) is 4.79 Å². The quantitative estimate of drug-likeness (QED) is 0.869. The van der Waals surface area contributed by atoms with Crippen molar-refractivity contribution in [2.75, 3.05) is 5.32 Å². The Kier molecular flexibility index (Phi) is 3.43. The van der Waals surface area contributed by atoms with Crippen LogP contribution in [-0.2, 0) is 11.4 Å². The second-order valence-electron chi connectivity index (χ2n) is 3.98. The van der Waals surface area contributed by atoms with E-state index in [1.54, 1.807) is 19.1 Å². The second-order valence-corrected chi connectivity index (χ2v) is 3.98. The Morgan fingerprint density at radius 1 is 1.39 bits per heavy atom. The van der Waals surface area contributed by atoms with Gasteiger partial charge in [0.15, 0.2) is 0 Å². The van der Waals surface area contributed by atoms with Crippen LogP contribution in [0.25, 0.3) is 11.3 Å². The number of nitrogens with zero attached hydrogens (tertiary/aromatic N) is 1. The normalized spacial score (nSPS) is 10.4. The van der Waals surface area contributed by atoms with E-state index in [0.717, 1.165) is 11.3 Å². The summed E-state index contributed by atoms with van der Waals surface area (Å²) in [4.78, 5) is 10.9. The minimum Gasteiger partial charge on any atom is -0.391 e. The lowest BCUT2D eigenvalue weighted by molar-refractivity contribution is -0.114. The van der Waals surface area contributed by atoms with E-state index in [2.05, 4.69) is 10.5 Å². The first-order valence-corrected chi connectivity index (χ1v) is 5.56. The lowest BCUT2D eigenvalue weighted by Crippen LogP contribution is -2.05. The number of benzene rings is 1. The lowest BCUT2D eigenvalue weighted by atomic mass is 10.1. The lowest BCUT2D eigenvalue weighted by Gasteiger charge is -2.03. The van der Waals surface area contributed by atoms with Crippen LogP contribution in [0, 0.1) is 6.92 Å². The molecule has 2 rings (SSSR count). The maximum Gasteiger partial charge on any atom is 0.221 e. The second kappa shape index (κ2) is 5.01. The first-order chi connectivity index (χ1) is 8.61. The van der Waals surface area contributed by atoms with E-state index >= 15 is 0 Å². The minimum atomic E-state index is -0.115. The number of aryl methyl sites for hydroxylation is 1. The molecule has 0 fully saturated rings. The molecule has 1 aromatic heterocycles. The molecule has 94 valence electrons. The molecular formula is C13H14N2O3. The van der Waals surface area contributed by atoms with Gasteiger partial charge in [0.1, 0.15) is 11.5 Å². The first-order valence-electron chi connectivity index (χ1n) is 5.56. The third kappa shape index (κ3) is 2.41. The van der Waals surface area contributed by atoms with E-state index in [1.165, 1.54) is 6.92 Å². The van der Waals surface area contributed by atoms with Crippen molar-refractivity contribution in [1.82, 2.24) is 5.16 Å². The number of carbonyl (C=O) groups excluding carboxylic acids is 1. The summed E-state index contributed by atoms with van der Waals surface area (Å²) in [6, 6.07) is 7.20. The van der Waals surface area contributed by atoms with Crippen LogP contribution in [0.5, 0.6) is 0 Å². The van der Waals surface area contributed by atoms with Crippen molar-refractivity contribution in [3.05, 3.63) is 35.6 Å². The van der Waals surface area contributed by atoms with Crippen LogP contribution < -0.4 is 5.32 Å². The molecule has 1 amide bonds. The third-order valence-corrected chi connectivity index (χ3v) is 2.62. The molecular weight excluding hydrogens is 232 g/mol. The average molecular weight is 246 g/mol. The van der Waals surface area contributed by atoms with Crippen LogP contribution >= 0.6 is 0 Å². The Hall–Kier alpha value is -2.14. The molecule has 0 unspecified atom stereocenters. The highest BCUT2D eigenvalue weighted by Gasteiger charge is 2.13. The van der Waals surface area contributed by atoms with Crippen LogP contribution in [0.3, 0.4) is 0 Å². The Morgan fingerprint density at radius 2 is 2.06 bits per heavy atom. The number of nitrogens with one attached hydrogen (secondary N) is 1. The fourth-order valence-electron chi connectivity index (χ4n) is 1.72. The molecule has 2 N–H and O–H groups in total. The van der Waals surface area contributed by atoms with Crippen molar-refractivity contribution in [1.29, 1.82) is 0 Å². The number of anilines is 1. The van der Waals surface area contributed by atoms with Crippen LogP contribution in [-0.4, -0.2) is 16.2 Å². The molecule has 0 aliphatic rings. The van der Waals surface area contributed by atoms with E-state index in [-0.39, 0.29) is 12.5 Å². The van der Waals surface area contributed by atoms with Crippen molar-refractivity contribution in [2.45, 2.75) is 20.5 Å². The fourth-order valence-corrected chi connectivity index (χ4v) is 1.72. The van der Waals surface area contributed by atoms with E-state index in [0.29, 0.717) is 17.0 Å². The minimum absolute atomic E-state index is 0.113. The first kappa shape index (κ1) is 12.3. The molecule has 0 aliphatic carbocycles. The van der Waals surface area contributed by atoms with Gasteiger partial charge < -0.3 is 14.9 Å². The SMILES string of the molecule is CC(=O)Nc1ccc(-c2noc(C)c2CO)cc1. The third-order valence-electron chi connectivity index (χ3n) is 2.62. The van der Waals surface area contributed by atoms with Gasteiger partial charge >= 0.3 is 0 Å². The van der Waals surface area contributed by atoms with Crippen molar-refractivity contribution in [3.63, 3.8) is 0 Å². The zero-order valence-electron chi connectivity index (χ0n) is 10.2. The van der Waals surface area contributed by atoms with Crippen molar-refractivity contribution in [2.24, 2.45) is 0 Å². The van der Waals surface area contributed by atoms with Gasteiger partial charge in [0.2, 0.25) is 5.91 Å². The largest absolute Gasteiger partial charge is 0.391 e. The van der Waals surface area contributed by atoms with Gasteiger partial charge in [0.25, 0.3) is 0 Å². The molecule has 18 heavy (non-hydrogen) atoms. The van der Waals surface area contributed by atoms with Crippen LogP contribution in [0.2, 0.25) is 0 Å². The summed E-state index contributed by atoms with van der Waals surface area (Å²) < 4.78 is 5.06. The molecule has 0 bridgehead atoms. The highest BCUT2D eigenvalue weighted by atomic mass is 16.5. The van der Waals surface area contributed by atoms with E-state index < -0.39 is 0 Å². The maximum absolute atomic E-state index is 10.9. The van der Waals surface area contributed by atoms with Crippen LogP contribution in [0.15, 0.2) is 28.8 Å². The van der Waals surface area contributed by atoms with Gasteiger partial charge in [-0.05, 0) is 19.1 Å². The highest BCUT2D eigenvalue weighted by molar-refractivity contribution is 5.88. The molecule has 0 saturated carbocycles. The Balaban J connectivity index is 2.31. The zero-order valence-corrected chi connectivity index (χ0v) is 10.2. The standard InChI is InChI=1S/C13H14N2O3/c1-8-12(7-16)13(15-18-8)10-3-5-11(6-4-10)14-9(2)17/h3-6,16H,7H2,1-2H3,(H,14,17). The molecule has 0 spiro atoms. The summed E-state index contributed by atoms with van der Waals surface area (Å²) in [7, 11) is 0. The van der Waals surface area contributed by atoms with Crippen molar-refractivity contribution >= 4 is 11.6 Å². The number of hydrogen-bond donors (Lipinski definition) is 2. The number of hydrogen-bond acceptors (Lipinski definition) is 4. The topological polar surface area (TPSA) is 75.4 Å². The molecule has 5 heteroatoms. The van der Waals surface area contributed by atoms with Crippen LogP contribution in [0.4, 0.5) is 5.69 Å².